The molecule has 1 atom stereocenters. The number of aliphatic hydroxyl groups is 1. The number of benzene rings is 2. The molecule has 230 valence electrons. The number of hydrogen-bond acceptors (Lipinski definition) is 8. The van der Waals surface area contributed by atoms with Gasteiger partial charge in [0.1, 0.15) is 5.75 Å². The number of halogens is 2. The highest BCUT2D eigenvalue weighted by Crippen LogP contribution is 2.42. The van der Waals surface area contributed by atoms with E-state index in [4.69, 9.17) is 42.8 Å². The van der Waals surface area contributed by atoms with E-state index in [1.54, 1.807) is 20.4 Å². The monoisotopic (exact) mass is 635 g/mol. The fourth-order valence-electron chi connectivity index (χ4n) is 5.27. The number of carbonyl (C=O) groups is 1. The molecule has 44 heavy (non-hydrogen) atoms. The standard InChI is InChI=1S/C33H35Cl2N5O4/c1-43-28-16-20(6-7-21(28)17-36-14-15-41)32-31(35)25(12-13-38-32)24-4-3-5-26(30(24)34)27-10-8-22(33(40-27)44-2)18-37-19-23-9-11-29(42)39-23/h3-8,10,12-13,16,23,36-37,41H,9,11,14-15,17-19H2,1-2H3,(H,39,42). The number of amides is 1. The van der Waals surface area contributed by atoms with Crippen molar-refractivity contribution in [3.8, 4) is 45.3 Å². The molecule has 4 N–H and O–H groups in total. The first-order valence-corrected chi connectivity index (χ1v) is 15.2. The van der Waals surface area contributed by atoms with Crippen LogP contribution < -0.4 is 25.4 Å². The van der Waals surface area contributed by atoms with Crippen LogP contribution in [0.5, 0.6) is 11.6 Å². The minimum atomic E-state index is 0.0617. The van der Waals surface area contributed by atoms with Crippen molar-refractivity contribution in [2.75, 3.05) is 33.9 Å². The molecule has 4 aromatic rings. The van der Waals surface area contributed by atoms with Crippen LogP contribution in [0.2, 0.25) is 10.0 Å². The molecule has 2 aromatic heterocycles. The average molecular weight is 637 g/mol. The van der Waals surface area contributed by atoms with Crippen molar-refractivity contribution < 1.29 is 19.4 Å². The number of aliphatic hydroxyl groups excluding tert-OH is 1. The second-order valence-electron chi connectivity index (χ2n) is 10.4. The zero-order valence-electron chi connectivity index (χ0n) is 24.6. The Kier molecular flexibility index (Phi) is 10.7. The number of nitrogens with one attached hydrogen (secondary N) is 3. The lowest BCUT2D eigenvalue weighted by Crippen LogP contribution is -2.35. The van der Waals surface area contributed by atoms with Gasteiger partial charge < -0.3 is 30.5 Å². The molecule has 11 heteroatoms. The highest BCUT2D eigenvalue weighted by Gasteiger charge is 2.21. The molecule has 9 nitrogen and oxygen atoms in total. The van der Waals surface area contributed by atoms with Crippen molar-refractivity contribution in [3.63, 3.8) is 0 Å². The molecule has 0 saturated carbocycles. The van der Waals surface area contributed by atoms with Crippen molar-refractivity contribution in [1.29, 1.82) is 0 Å². The molecule has 2 aromatic carbocycles. The minimum absolute atomic E-state index is 0.0617. The highest BCUT2D eigenvalue weighted by molar-refractivity contribution is 6.39. The summed E-state index contributed by atoms with van der Waals surface area (Å²) in [5.74, 6) is 1.29. The topological polar surface area (TPSA) is 118 Å². The average Bonchev–Trinajstić information content (AvgIpc) is 3.46. The molecule has 5 rings (SSSR count). The Balaban J connectivity index is 1.40. The van der Waals surface area contributed by atoms with Crippen molar-refractivity contribution in [1.82, 2.24) is 25.9 Å². The lowest BCUT2D eigenvalue weighted by Gasteiger charge is -2.16. The molecule has 1 aliphatic rings. The van der Waals surface area contributed by atoms with Crippen LogP contribution in [0, 0.1) is 0 Å². The second kappa shape index (κ2) is 14.8. The summed E-state index contributed by atoms with van der Waals surface area (Å²) in [5.41, 5.74) is 6.17. The van der Waals surface area contributed by atoms with Crippen LogP contribution in [-0.4, -0.2) is 60.9 Å². The fourth-order valence-corrected chi connectivity index (χ4v) is 5.92. The molecule has 3 heterocycles. The fraction of sp³-hybridized carbons (Fsp3) is 0.303. The molecular formula is C33H35Cl2N5O4. The lowest BCUT2D eigenvalue weighted by molar-refractivity contribution is -0.119. The molecule has 1 unspecified atom stereocenters. The Bertz CT molecular complexity index is 1630. The maximum atomic E-state index is 11.5. The van der Waals surface area contributed by atoms with Gasteiger partial charge in [0.05, 0.1) is 42.3 Å². The van der Waals surface area contributed by atoms with Gasteiger partial charge in [0.15, 0.2) is 0 Å². The van der Waals surface area contributed by atoms with Crippen molar-refractivity contribution in [2.24, 2.45) is 0 Å². The molecule has 0 spiro atoms. The quantitative estimate of drug-likeness (QED) is 0.147. The summed E-state index contributed by atoms with van der Waals surface area (Å²) in [5, 5.41) is 19.6. The summed E-state index contributed by atoms with van der Waals surface area (Å²) < 4.78 is 11.2. The number of aromatic nitrogens is 2. The van der Waals surface area contributed by atoms with E-state index in [9.17, 15) is 4.79 Å². The first kappa shape index (κ1) is 31.7. The maximum absolute atomic E-state index is 11.5. The normalized spacial score (nSPS) is 14.5. The Morgan fingerprint density at radius 1 is 0.955 bits per heavy atom. The Hall–Kier alpha value is -3.73. The molecule has 0 bridgehead atoms. The van der Waals surface area contributed by atoms with Gasteiger partial charge in [-0.25, -0.2) is 4.98 Å². The van der Waals surface area contributed by atoms with Crippen LogP contribution >= 0.6 is 23.2 Å². The van der Waals surface area contributed by atoms with E-state index in [-0.39, 0.29) is 18.6 Å². The van der Waals surface area contributed by atoms with Gasteiger partial charge >= 0.3 is 0 Å². The van der Waals surface area contributed by atoms with E-state index in [0.29, 0.717) is 65.7 Å². The minimum Gasteiger partial charge on any atom is -0.496 e. The van der Waals surface area contributed by atoms with Gasteiger partial charge in [0.2, 0.25) is 11.8 Å². The Labute approximate surface area is 266 Å². The molecule has 1 amide bonds. The van der Waals surface area contributed by atoms with Gasteiger partial charge in [-0.1, -0.05) is 59.6 Å². The summed E-state index contributed by atoms with van der Waals surface area (Å²) in [7, 11) is 3.21. The van der Waals surface area contributed by atoms with Gasteiger partial charge in [0.25, 0.3) is 0 Å². The summed E-state index contributed by atoms with van der Waals surface area (Å²) in [6, 6.07) is 17.4. The van der Waals surface area contributed by atoms with Crippen LogP contribution in [0.3, 0.4) is 0 Å². The van der Waals surface area contributed by atoms with Crippen molar-refractivity contribution in [3.05, 3.63) is 82.0 Å². The largest absolute Gasteiger partial charge is 0.496 e. The molecule has 1 saturated heterocycles. The zero-order valence-corrected chi connectivity index (χ0v) is 26.1. The van der Waals surface area contributed by atoms with Crippen LogP contribution in [-0.2, 0) is 17.9 Å². The van der Waals surface area contributed by atoms with Gasteiger partial charge in [-0.3, -0.25) is 9.78 Å². The Morgan fingerprint density at radius 3 is 2.48 bits per heavy atom. The third kappa shape index (κ3) is 7.14. The second-order valence-corrected chi connectivity index (χ2v) is 11.2. The predicted molar refractivity (Wildman–Crippen MR) is 173 cm³/mol. The number of methoxy groups -OCH3 is 2. The smallest absolute Gasteiger partial charge is 0.220 e. The number of hydrogen-bond donors (Lipinski definition) is 4. The predicted octanol–water partition coefficient (Wildman–Crippen LogP) is 5.25. The van der Waals surface area contributed by atoms with Crippen LogP contribution in [0.1, 0.15) is 24.0 Å². The molecule has 0 radical (unpaired) electrons. The maximum Gasteiger partial charge on any atom is 0.220 e. The number of nitrogens with zero attached hydrogens (tertiary/aromatic N) is 2. The van der Waals surface area contributed by atoms with Crippen molar-refractivity contribution in [2.45, 2.75) is 32.0 Å². The molecule has 1 fully saturated rings. The number of ether oxygens (including phenoxy) is 2. The SMILES string of the molecule is COc1cc(-c2nccc(-c3cccc(-c4ccc(CNCC5CCC(=O)N5)c(OC)n4)c3Cl)c2Cl)ccc1CNCCO. The lowest BCUT2D eigenvalue weighted by atomic mass is 9.99. The first-order valence-electron chi connectivity index (χ1n) is 14.4. The third-order valence-corrected chi connectivity index (χ3v) is 8.33. The van der Waals surface area contributed by atoms with Gasteiger partial charge in [-0.15, -0.1) is 0 Å². The van der Waals surface area contributed by atoms with E-state index >= 15 is 0 Å². The van der Waals surface area contributed by atoms with E-state index in [2.05, 4.69) is 20.9 Å². The first-order chi connectivity index (χ1) is 21.4. The number of carbonyl (C=O) groups excluding carboxylic acids is 1. The van der Waals surface area contributed by atoms with E-state index < -0.39 is 0 Å². The Morgan fingerprint density at radius 2 is 1.73 bits per heavy atom. The van der Waals surface area contributed by atoms with Crippen LogP contribution in [0.15, 0.2) is 60.8 Å². The van der Waals surface area contributed by atoms with Crippen LogP contribution in [0.4, 0.5) is 0 Å². The van der Waals surface area contributed by atoms with Gasteiger partial charge in [-0.2, -0.15) is 0 Å². The third-order valence-electron chi connectivity index (χ3n) is 7.54. The van der Waals surface area contributed by atoms with E-state index in [1.807, 2.05) is 54.6 Å². The summed E-state index contributed by atoms with van der Waals surface area (Å²) >= 11 is 14.0. The molecular weight excluding hydrogens is 601 g/mol. The van der Waals surface area contributed by atoms with Gasteiger partial charge in [0, 0.05) is 78.2 Å². The summed E-state index contributed by atoms with van der Waals surface area (Å²) in [6.07, 6.45) is 3.12. The molecule has 0 aliphatic carbocycles. The highest BCUT2D eigenvalue weighted by atomic mass is 35.5. The number of pyridine rings is 2. The molecule has 1 aliphatic heterocycles. The van der Waals surface area contributed by atoms with E-state index in [0.717, 1.165) is 39.8 Å². The zero-order chi connectivity index (χ0) is 31.1. The number of rotatable bonds is 13. The summed E-state index contributed by atoms with van der Waals surface area (Å²) in [6.45, 7) is 2.34. The van der Waals surface area contributed by atoms with Gasteiger partial charge in [-0.05, 0) is 24.6 Å². The van der Waals surface area contributed by atoms with Crippen LogP contribution in [0.25, 0.3) is 33.6 Å². The van der Waals surface area contributed by atoms with Crippen molar-refractivity contribution >= 4 is 29.1 Å². The van der Waals surface area contributed by atoms with E-state index in [1.165, 1.54) is 0 Å². The summed E-state index contributed by atoms with van der Waals surface area (Å²) in [4.78, 5) is 20.8.